The summed E-state index contributed by atoms with van der Waals surface area (Å²) >= 11 is 0. The number of piperazine rings is 1. The molecule has 1 aliphatic heterocycles. The van der Waals surface area contributed by atoms with E-state index in [1.807, 2.05) is 30.3 Å². The molecule has 1 saturated heterocycles. The van der Waals surface area contributed by atoms with Gasteiger partial charge in [-0.3, -0.25) is 4.79 Å². The molecule has 0 saturated carbocycles. The highest BCUT2D eigenvalue weighted by Gasteiger charge is 2.27. The molecule has 150 valence electrons. The number of aromatic nitrogens is 2. The van der Waals surface area contributed by atoms with E-state index in [0.717, 1.165) is 16.7 Å². The third kappa shape index (κ3) is 3.73. The summed E-state index contributed by atoms with van der Waals surface area (Å²) in [5.74, 6) is 1.18. The lowest BCUT2D eigenvalue weighted by Gasteiger charge is -2.36. The topological polar surface area (TPSA) is 89.8 Å². The molecule has 1 amide bonds. The second-order valence-corrected chi connectivity index (χ2v) is 7.14. The number of hydrogen-bond donors (Lipinski definition) is 2. The molecular weight excluding hydrogens is 368 g/mol. The first-order chi connectivity index (χ1) is 14.1. The molecule has 2 N–H and O–H groups in total. The molecule has 0 aliphatic carbocycles. The molecule has 4 rings (SSSR count). The summed E-state index contributed by atoms with van der Waals surface area (Å²) < 4.78 is 0. The van der Waals surface area contributed by atoms with Crippen LogP contribution in [0, 0.1) is 0 Å². The molecule has 1 aliphatic rings. The number of fused-ring (bicyclic) bond motifs is 1. The Bertz CT molecular complexity index is 1030. The number of aliphatic hydroxyl groups excluding tert-OH is 1. The van der Waals surface area contributed by atoms with Crippen LogP contribution in [0.3, 0.4) is 0 Å². The van der Waals surface area contributed by atoms with Crippen LogP contribution in [0.1, 0.15) is 13.3 Å². The van der Waals surface area contributed by atoms with Crippen molar-refractivity contribution in [3.8, 4) is 17.1 Å². The van der Waals surface area contributed by atoms with Gasteiger partial charge in [-0.1, -0.05) is 31.2 Å². The maximum Gasteiger partial charge on any atom is 0.251 e. The van der Waals surface area contributed by atoms with E-state index < -0.39 is 6.10 Å². The lowest BCUT2D eigenvalue weighted by molar-refractivity contribution is -0.140. The Balaban J connectivity index is 1.67. The highest BCUT2D eigenvalue weighted by Crippen LogP contribution is 2.31. The van der Waals surface area contributed by atoms with Gasteiger partial charge in [0, 0.05) is 31.6 Å². The minimum absolute atomic E-state index is 0.137. The van der Waals surface area contributed by atoms with Gasteiger partial charge in [0.2, 0.25) is 0 Å². The fraction of sp³-hybridized carbons (Fsp3) is 0.318. The van der Waals surface area contributed by atoms with E-state index >= 15 is 0 Å². The largest absolute Gasteiger partial charge is 0.507 e. The van der Waals surface area contributed by atoms with Gasteiger partial charge in [-0.2, -0.15) is 0 Å². The SMILES string of the molecule is CC[C@@H](O)C(=O)N1CCN(c2nc(-c3ccccc3O)nc3ccccc23)CC1. The van der Waals surface area contributed by atoms with Crippen LogP contribution in [0.15, 0.2) is 48.5 Å². The number of para-hydroxylation sites is 2. The molecule has 1 fully saturated rings. The molecule has 1 atom stereocenters. The number of rotatable bonds is 4. The molecule has 0 unspecified atom stereocenters. The lowest BCUT2D eigenvalue weighted by Crippen LogP contribution is -2.51. The van der Waals surface area contributed by atoms with Crippen molar-refractivity contribution < 1.29 is 15.0 Å². The number of nitrogens with zero attached hydrogens (tertiary/aromatic N) is 4. The van der Waals surface area contributed by atoms with Crippen LogP contribution >= 0.6 is 0 Å². The molecule has 7 heteroatoms. The van der Waals surface area contributed by atoms with E-state index in [9.17, 15) is 15.0 Å². The van der Waals surface area contributed by atoms with Crippen LogP contribution in [0.2, 0.25) is 0 Å². The Labute approximate surface area is 169 Å². The van der Waals surface area contributed by atoms with Crippen molar-refractivity contribution in [3.05, 3.63) is 48.5 Å². The van der Waals surface area contributed by atoms with E-state index in [-0.39, 0.29) is 11.7 Å². The lowest BCUT2D eigenvalue weighted by atomic mass is 10.1. The van der Waals surface area contributed by atoms with Gasteiger partial charge < -0.3 is 20.0 Å². The van der Waals surface area contributed by atoms with Gasteiger partial charge in [-0.25, -0.2) is 9.97 Å². The zero-order chi connectivity index (χ0) is 20.4. The Hall–Kier alpha value is -3.19. The first-order valence-electron chi connectivity index (χ1n) is 9.85. The van der Waals surface area contributed by atoms with E-state index in [0.29, 0.717) is 44.0 Å². The van der Waals surface area contributed by atoms with Gasteiger partial charge in [-0.05, 0) is 30.7 Å². The summed E-state index contributed by atoms with van der Waals surface area (Å²) in [7, 11) is 0. The van der Waals surface area contributed by atoms with Crippen LogP contribution in [0.4, 0.5) is 5.82 Å². The second-order valence-electron chi connectivity index (χ2n) is 7.14. The summed E-state index contributed by atoms with van der Waals surface area (Å²) in [5.41, 5.74) is 1.38. The summed E-state index contributed by atoms with van der Waals surface area (Å²) in [5, 5.41) is 21.0. The smallest absolute Gasteiger partial charge is 0.251 e. The highest BCUT2D eigenvalue weighted by molar-refractivity contribution is 5.91. The number of phenols is 1. The van der Waals surface area contributed by atoms with Gasteiger partial charge in [0.15, 0.2) is 5.82 Å². The van der Waals surface area contributed by atoms with Crippen LogP contribution in [-0.4, -0.2) is 63.3 Å². The normalized spacial score (nSPS) is 15.5. The van der Waals surface area contributed by atoms with Crippen LogP contribution in [0.25, 0.3) is 22.3 Å². The number of carbonyl (C=O) groups is 1. The minimum Gasteiger partial charge on any atom is -0.507 e. The van der Waals surface area contributed by atoms with Gasteiger partial charge in [-0.15, -0.1) is 0 Å². The standard InChI is InChI=1S/C22H24N4O3/c1-2-18(27)22(29)26-13-11-25(12-14-26)21-15-7-3-5-9-17(15)23-20(24-21)16-8-4-6-10-19(16)28/h3-10,18,27-28H,2,11-14H2,1H3/t18-/m1/s1. The van der Waals surface area contributed by atoms with Crippen molar-refractivity contribution in [2.45, 2.75) is 19.4 Å². The zero-order valence-electron chi connectivity index (χ0n) is 16.3. The Kier molecular flexibility index (Phi) is 5.31. The molecule has 1 aromatic heterocycles. The zero-order valence-corrected chi connectivity index (χ0v) is 16.3. The van der Waals surface area contributed by atoms with Gasteiger partial charge in [0.1, 0.15) is 17.7 Å². The van der Waals surface area contributed by atoms with Crippen molar-refractivity contribution in [2.75, 3.05) is 31.1 Å². The molecule has 0 bridgehead atoms. The second kappa shape index (κ2) is 8.05. The molecule has 7 nitrogen and oxygen atoms in total. The molecule has 0 spiro atoms. The average Bonchev–Trinajstić information content (AvgIpc) is 2.77. The minimum atomic E-state index is -0.936. The predicted octanol–water partition coefficient (Wildman–Crippen LogP) is 2.42. The van der Waals surface area contributed by atoms with Crippen molar-refractivity contribution >= 4 is 22.6 Å². The summed E-state index contributed by atoms with van der Waals surface area (Å²) in [6.07, 6.45) is -0.520. The molecule has 29 heavy (non-hydrogen) atoms. The maximum absolute atomic E-state index is 12.3. The maximum atomic E-state index is 12.3. The number of hydrogen-bond acceptors (Lipinski definition) is 6. The van der Waals surface area contributed by atoms with E-state index in [4.69, 9.17) is 4.98 Å². The number of aromatic hydroxyl groups is 1. The van der Waals surface area contributed by atoms with E-state index in [1.54, 1.807) is 30.0 Å². The first kappa shape index (κ1) is 19.1. The monoisotopic (exact) mass is 392 g/mol. The van der Waals surface area contributed by atoms with Crippen molar-refractivity contribution in [1.29, 1.82) is 0 Å². The third-order valence-corrected chi connectivity index (χ3v) is 5.29. The predicted molar refractivity (Wildman–Crippen MR) is 112 cm³/mol. The fourth-order valence-electron chi connectivity index (χ4n) is 3.61. The molecule has 3 aromatic rings. The fourth-order valence-corrected chi connectivity index (χ4v) is 3.61. The number of aliphatic hydroxyl groups is 1. The number of phenolic OH excluding ortho intramolecular Hbond substituents is 1. The quantitative estimate of drug-likeness (QED) is 0.709. The Morgan fingerprint density at radius 2 is 1.72 bits per heavy atom. The summed E-state index contributed by atoms with van der Waals surface area (Å²) in [4.78, 5) is 25.5. The van der Waals surface area contributed by atoms with Crippen molar-refractivity contribution in [1.82, 2.24) is 14.9 Å². The number of carbonyl (C=O) groups excluding carboxylic acids is 1. The van der Waals surface area contributed by atoms with Gasteiger partial charge in [0.05, 0.1) is 11.1 Å². The highest BCUT2D eigenvalue weighted by atomic mass is 16.3. The van der Waals surface area contributed by atoms with Gasteiger partial charge in [0.25, 0.3) is 5.91 Å². The number of benzene rings is 2. The van der Waals surface area contributed by atoms with E-state index in [2.05, 4.69) is 9.88 Å². The van der Waals surface area contributed by atoms with Crippen LogP contribution in [-0.2, 0) is 4.79 Å². The molecule has 2 heterocycles. The summed E-state index contributed by atoms with van der Waals surface area (Å²) in [6.45, 7) is 4.08. The van der Waals surface area contributed by atoms with Crippen molar-refractivity contribution in [3.63, 3.8) is 0 Å². The molecular formula is C22H24N4O3. The average molecular weight is 392 g/mol. The number of anilines is 1. The van der Waals surface area contributed by atoms with Crippen molar-refractivity contribution in [2.24, 2.45) is 0 Å². The first-order valence-corrected chi connectivity index (χ1v) is 9.85. The Morgan fingerprint density at radius 1 is 1.03 bits per heavy atom. The van der Waals surface area contributed by atoms with Crippen LogP contribution in [0.5, 0.6) is 5.75 Å². The molecule has 0 radical (unpaired) electrons. The van der Waals surface area contributed by atoms with E-state index in [1.165, 1.54) is 0 Å². The third-order valence-electron chi connectivity index (χ3n) is 5.29. The van der Waals surface area contributed by atoms with Crippen LogP contribution < -0.4 is 4.90 Å². The Morgan fingerprint density at radius 3 is 2.45 bits per heavy atom. The number of amides is 1. The summed E-state index contributed by atoms with van der Waals surface area (Å²) in [6, 6.07) is 14.8. The molecule has 2 aromatic carbocycles. The van der Waals surface area contributed by atoms with Gasteiger partial charge >= 0.3 is 0 Å².